The van der Waals surface area contributed by atoms with E-state index in [1.165, 1.54) is 32.1 Å². The van der Waals surface area contributed by atoms with Gasteiger partial charge in [-0.2, -0.15) is 0 Å². The molecule has 4 aliphatic carbocycles. The van der Waals surface area contributed by atoms with E-state index in [0.29, 0.717) is 23.7 Å². The molecule has 3 saturated carbocycles. The van der Waals surface area contributed by atoms with Gasteiger partial charge in [0, 0.05) is 11.8 Å². The summed E-state index contributed by atoms with van der Waals surface area (Å²) in [7, 11) is 4.41. The van der Waals surface area contributed by atoms with E-state index in [-0.39, 0.29) is 11.5 Å². The molecule has 3 fully saturated rings. The van der Waals surface area contributed by atoms with E-state index in [9.17, 15) is 5.11 Å². The van der Waals surface area contributed by atoms with Crippen molar-refractivity contribution in [3.05, 3.63) is 24.3 Å². The largest absolute Gasteiger partial charge is 0.393 e. The van der Waals surface area contributed by atoms with Gasteiger partial charge >= 0.3 is 0 Å². The summed E-state index contributed by atoms with van der Waals surface area (Å²) in [5, 5.41) is 10.4. The molecule has 1 N–H and O–H groups in total. The van der Waals surface area contributed by atoms with Crippen molar-refractivity contribution in [3.8, 4) is 0 Å². The van der Waals surface area contributed by atoms with Crippen molar-refractivity contribution in [3.63, 3.8) is 0 Å². The fourth-order valence-corrected chi connectivity index (χ4v) is 7.94. The molecule has 8 unspecified atom stereocenters. The minimum atomic E-state index is -0.478. The molecule has 0 aliphatic heterocycles. The Labute approximate surface area is 173 Å². The maximum absolute atomic E-state index is 10.4. The molecule has 0 aromatic carbocycles. The number of aliphatic hydroxyl groups excluding tert-OH is 1. The van der Waals surface area contributed by atoms with Crippen LogP contribution in [0.3, 0.4) is 0 Å². The smallest absolute Gasteiger partial charge is 0.130 e. The van der Waals surface area contributed by atoms with Crippen LogP contribution in [0, 0.1) is 34.5 Å². The first-order valence-electron chi connectivity index (χ1n) is 11.3. The fourth-order valence-electron chi connectivity index (χ4n) is 7.75. The minimum Gasteiger partial charge on any atom is -0.393 e. The van der Waals surface area contributed by atoms with Gasteiger partial charge in [-0.15, -0.1) is 9.24 Å². The maximum atomic E-state index is 10.4. The van der Waals surface area contributed by atoms with Gasteiger partial charge < -0.3 is 5.11 Å². The summed E-state index contributed by atoms with van der Waals surface area (Å²) < 4.78 is 0. The summed E-state index contributed by atoms with van der Waals surface area (Å²) in [4.78, 5) is 11.2. The summed E-state index contributed by atoms with van der Waals surface area (Å²) >= 11 is 0. The lowest BCUT2D eigenvalue weighted by molar-refractivity contribution is -0.377. The monoisotopic (exact) mass is 406 g/mol. The zero-order chi connectivity index (χ0) is 20.0. The number of aliphatic hydroxyl groups is 1. The van der Waals surface area contributed by atoms with Crippen LogP contribution in [0.15, 0.2) is 24.3 Å². The van der Waals surface area contributed by atoms with Gasteiger partial charge in [0.05, 0.1) is 13.2 Å². The predicted molar refractivity (Wildman–Crippen MR) is 117 cm³/mol. The second-order valence-corrected chi connectivity index (χ2v) is 10.8. The molecule has 0 heterocycles. The molecule has 0 aromatic rings. The third-order valence-corrected chi connectivity index (χ3v) is 9.67. The van der Waals surface area contributed by atoms with Gasteiger partial charge in [0.15, 0.2) is 0 Å². The van der Waals surface area contributed by atoms with Gasteiger partial charge in [0.2, 0.25) is 0 Å². The van der Waals surface area contributed by atoms with Crippen LogP contribution in [0.25, 0.3) is 0 Å². The number of hydrogen-bond acceptors (Lipinski definition) is 3. The van der Waals surface area contributed by atoms with Crippen LogP contribution in [0.1, 0.15) is 65.2 Å². The standard InChI is InChI=1S/C24H39O3P/c1-22-12-11-21-19(20(22)8-7-17(22)6-4-5-15-28)10-14-24(27-26-3)16-18(25)9-13-23(21,24)2/h4-5,10,14,17-21,25H,6-9,11-13,15-16,28H2,1-3H3/b5-4+/t17?,18?,19?,20?,21?,22?,23?,24-/m1/s1. The van der Waals surface area contributed by atoms with Crippen LogP contribution in [0.5, 0.6) is 0 Å². The highest BCUT2D eigenvalue weighted by Gasteiger charge is 2.64. The van der Waals surface area contributed by atoms with Gasteiger partial charge in [-0.05, 0) is 80.2 Å². The van der Waals surface area contributed by atoms with Crippen LogP contribution in [0.4, 0.5) is 0 Å². The van der Waals surface area contributed by atoms with E-state index in [0.717, 1.165) is 30.8 Å². The highest BCUT2D eigenvalue weighted by molar-refractivity contribution is 7.16. The van der Waals surface area contributed by atoms with Crippen LogP contribution < -0.4 is 0 Å². The van der Waals surface area contributed by atoms with E-state index < -0.39 is 5.60 Å². The molecule has 0 spiro atoms. The third kappa shape index (κ3) is 3.08. The van der Waals surface area contributed by atoms with Crippen LogP contribution in [0.2, 0.25) is 0 Å². The molecule has 4 aliphatic rings. The summed E-state index contributed by atoms with van der Waals surface area (Å²) in [6, 6.07) is 0. The predicted octanol–water partition coefficient (Wildman–Crippen LogP) is 5.30. The molecule has 4 heteroatoms. The highest BCUT2D eigenvalue weighted by Crippen LogP contribution is 2.67. The average molecular weight is 407 g/mol. The lowest BCUT2D eigenvalue weighted by Crippen LogP contribution is -2.61. The molecular formula is C24H39O3P. The Hall–Kier alpha value is -0.210. The zero-order valence-corrected chi connectivity index (χ0v) is 19.1. The van der Waals surface area contributed by atoms with Gasteiger partial charge in [-0.3, -0.25) is 0 Å². The number of fused-ring (bicyclic) bond motifs is 5. The normalized spacial score (nSPS) is 50.4. The average Bonchev–Trinajstić information content (AvgIpc) is 3.00. The molecule has 0 radical (unpaired) electrons. The van der Waals surface area contributed by atoms with E-state index in [1.807, 2.05) is 0 Å². The van der Waals surface area contributed by atoms with Crippen molar-refractivity contribution < 1.29 is 14.9 Å². The first-order chi connectivity index (χ1) is 13.4. The van der Waals surface area contributed by atoms with E-state index in [2.05, 4.69) is 47.4 Å². The van der Waals surface area contributed by atoms with Gasteiger partial charge in [0.1, 0.15) is 5.60 Å². The summed E-state index contributed by atoms with van der Waals surface area (Å²) in [5.41, 5.74) is 0.0255. The Morgan fingerprint density at radius 2 is 1.93 bits per heavy atom. The summed E-state index contributed by atoms with van der Waals surface area (Å²) in [5.74, 6) is 2.87. The van der Waals surface area contributed by atoms with E-state index in [4.69, 9.17) is 9.78 Å². The van der Waals surface area contributed by atoms with Crippen molar-refractivity contribution in [2.45, 2.75) is 76.9 Å². The van der Waals surface area contributed by atoms with Crippen molar-refractivity contribution in [1.29, 1.82) is 0 Å². The minimum absolute atomic E-state index is 0.0421. The molecule has 4 rings (SSSR count). The highest BCUT2D eigenvalue weighted by atomic mass is 31.0. The first-order valence-corrected chi connectivity index (χ1v) is 12.2. The van der Waals surface area contributed by atoms with Crippen molar-refractivity contribution in [2.75, 3.05) is 13.3 Å². The van der Waals surface area contributed by atoms with Crippen LogP contribution in [-0.2, 0) is 9.78 Å². The Bertz CT molecular complexity index is 633. The van der Waals surface area contributed by atoms with E-state index >= 15 is 0 Å². The molecule has 0 amide bonds. The molecule has 0 saturated heterocycles. The van der Waals surface area contributed by atoms with Gasteiger partial charge in [-0.1, -0.05) is 38.2 Å². The van der Waals surface area contributed by atoms with Gasteiger partial charge in [-0.25, -0.2) is 9.78 Å². The van der Waals surface area contributed by atoms with Crippen molar-refractivity contribution >= 4 is 9.24 Å². The fraction of sp³-hybridized carbons (Fsp3) is 0.833. The molecule has 28 heavy (non-hydrogen) atoms. The second kappa shape index (κ2) is 7.80. The lowest BCUT2D eigenvalue weighted by Gasteiger charge is -2.62. The molecule has 0 aromatic heterocycles. The third-order valence-electron chi connectivity index (χ3n) is 9.39. The Kier molecular flexibility index (Phi) is 5.86. The molecule has 0 bridgehead atoms. The van der Waals surface area contributed by atoms with Crippen molar-refractivity contribution in [1.82, 2.24) is 0 Å². The Morgan fingerprint density at radius 3 is 2.68 bits per heavy atom. The topological polar surface area (TPSA) is 38.7 Å². The summed E-state index contributed by atoms with van der Waals surface area (Å²) in [6.07, 6.45) is 19.4. The molecule has 9 atom stereocenters. The number of rotatable bonds is 5. The maximum Gasteiger partial charge on any atom is 0.130 e. The molecule has 3 nitrogen and oxygen atoms in total. The Balaban J connectivity index is 1.63. The van der Waals surface area contributed by atoms with Crippen LogP contribution in [-0.4, -0.2) is 30.1 Å². The van der Waals surface area contributed by atoms with E-state index in [1.54, 1.807) is 7.11 Å². The first kappa shape index (κ1) is 21.0. The summed E-state index contributed by atoms with van der Waals surface area (Å²) in [6.45, 7) is 4.99. The Morgan fingerprint density at radius 1 is 1.11 bits per heavy atom. The molecule has 158 valence electrons. The van der Waals surface area contributed by atoms with Crippen LogP contribution >= 0.6 is 9.24 Å². The lowest BCUT2D eigenvalue weighted by atomic mass is 9.45. The quantitative estimate of drug-likeness (QED) is 0.291. The van der Waals surface area contributed by atoms with Crippen molar-refractivity contribution in [2.24, 2.45) is 34.5 Å². The number of allylic oxidation sites excluding steroid dienone is 3. The van der Waals surface area contributed by atoms with Gasteiger partial charge in [0.25, 0.3) is 0 Å². The zero-order valence-electron chi connectivity index (χ0n) is 17.9. The number of hydrogen-bond donors (Lipinski definition) is 1. The second-order valence-electron chi connectivity index (χ2n) is 10.4. The SMILES string of the molecule is COO[C@@]12C=CC3C4CCC(C/C=C/CP)C4(C)CCC3C1(C)CCC(O)C2. The molecular weight excluding hydrogens is 367 g/mol.